The number of para-hydroxylation sites is 2. The average molecular weight is 440 g/mol. The van der Waals surface area contributed by atoms with Crippen molar-refractivity contribution in [2.45, 2.75) is 26.0 Å². The molecule has 0 saturated carbocycles. The van der Waals surface area contributed by atoms with Crippen LogP contribution in [0, 0.1) is 0 Å². The number of carbonyl (C=O) groups excluding carboxylic acids is 3. The molecule has 2 aromatic carbocycles. The van der Waals surface area contributed by atoms with Gasteiger partial charge >= 0.3 is 5.97 Å². The van der Waals surface area contributed by atoms with E-state index >= 15 is 0 Å². The second kappa shape index (κ2) is 11.2. The Bertz CT molecular complexity index is 898. The zero-order chi connectivity index (χ0) is 22.9. The maximum atomic E-state index is 12.7. The SMILES string of the molecule is CC(NC(=O)COc1ccccc1)C(=O)OC(C)C(=O)N1CCN(c2ccccc2)CC1. The monoisotopic (exact) mass is 439 g/mol. The highest BCUT2D eigenvalue weighted by Gasteiger charge is 2.29. The lowest BCUT2D eigenvalue weighted by Crippen LogP contribution is -2.52. The molecule has 2 atom stereocenters. The number of esters is 1. The maximum absolute atomic E-state index is 12.7. The third-order valence-electron chi connectivity index (χ3n) is 5.20. The Kier molecular flexibility index (Phi) is 8.08. The topological polar surface area (TPSA) is 88.2 Å². The number of benzene rings is 2. The molecule has 1 aliphatic heterocycles. The third kappa shape index (κ3) is 6.47. The van der Waals surface area contributed by atoms with Crippen molar-refractivity contribution < 1.29 is 23.9 Å². The number of anilines is 1. The largest absolute Gasteiger partial charge is 0.484 e. The van der Waals surface area contributed by atoms with Gasteiger partial charge in [-0.1, -0.05) is 36.4 Å². The van der Waals surface area contributed by atoms with Crippen molar-refractivity contribution in [3.05, 3.63) is 60.7 Å². The molecule has 32 heavy (non-hydrogen) atoms. The molecule has 1 fully saturated rings. The van der Waals surface area contributed by atoms with Crippen LogP contribution in [0.15, 0.2) is 60.7 Å². The molecule has 0 aliphatic carbocycles. The summed E-state index contributed by atoms with van der Waals surface area (Å²) in [4.78, 5) is 41.0. The minimum absolute atomic E-state index is 0.220. The Balaban J connectivity index is 1.40. The summed E-state index contributed by atoms with van der Waals surface area (Å²) in [5.41, 5.74) is 1.12. The molecule has 1 aliphatic rings. The van der Waals surface area contributed by atoms with Crippen molar-refractivity contribution >= 4 is 23.5 Å². The van der Waals surface area contributed by atoms with Crippen molar-refractivity contribution in [3.63, 3.8) is 0 Å². The number of amides is 2. The van der Waals surface area contributed by atoms with Crippen LogP contribution in [0.25, 0.3) is 0 Å². The number of nitrogens with zero attached hydrogens (tertiary/aromatic N) is 2. The molecule has 1 N–H and O–H groups in total. The van der Waals surface area contributed by atoms with Gasteiger partial charge in [0.05, 0.1) is 0 Å². The normalized spacial score (nSPS) is 15.4. The van der Waals surface area contributed by atoms with Gasteiger partial charge in [-0.25, -0.2) is 4.79 Å². The van der Waals surface area contributed by atoms with Gasteiger partial charge in [0.1, 0.15) is 11.8 Å². The van der Waals surface area contributed by atoms with Crippen molar-refractivity contribution in [3.8, 4) is 5.75 Å². The highest BCUT2D eigenvalue weighted by atomic mass is 16.5. The number of nitrogens with one attached hydrogen (secondary N) is 1. The van der Waals surface area contributed by atoms with Gasteiger partial charge < -0.3 is 24.6 Å². The summed E-state index contributed by atoms with van der Waals surface area (Å²) in [6.07, 6.45) is -0.925. The zero-order valence-electron chi connectivity index (χ0n) is 18.4. The van der Waals surface area contributed by atoms with Gasteiger partial charge in [0.15, 0.2) is 12.7 Å². The van der Waals surface area contributed by atoms with Crippen LogP contribution in [0.5, 0.6) is 5.75 Å². The maximum Gasteiger partial charge on any atom is 0.329 e. The van der Waals surface area contributed by atoms with E-state index in [1.54, 1.807) is 36.1 Å². The minimum Gasteiger partial charge on any atom is -0.484 e. The highest BCUT2D eigenvalue weighted by Crippen LogP contribution is 2.16. The van der Waals surface area contributed by atoms with Crippen LogP contribution < -0.4 is 15.0 Å². The number of rotatable bonds is 8. The van der Waals surface area contributed by atoms with Gasteiger partial charge in [-0.3, -0.25) is 9.59 Å². The molecule has 0 radical (unpaired) electrons. The van der Waals surface area contributed by atoms with Crippen LogP contribution in [-0.2, 0) is 19.1 Å². The molecule has 0 aromatic heterocycles. The zero-order valence-corrected chi connectivity index (χ0v) is 18.4. The lowest BCUT2D eigenvalue weighted by Gasteiger charge is -2.37. The van der Waals surface area contributed by atoms with Crippen LogP contribution in [0.4, 0.5) is 5.69 Å². The first-order chi connectivity index (χ1) is 15.4. The van der Waals surface area contributed by atoms with Gasteiger partial charge in [-0.2, -0.15) is 0 Å². The summed E-state index contributed by atoms with van der Waals surface area (Å²) in [5, 5.41) is 2.53. The fourth-order valence-corrected chi connectivity index (χ4v) is 3.42. The van der Waals surface area contributed by atoms with E-state index < -0.39 is 24.0 Å². The number of piperazine rings is 1. The van der Waals surface area contributed by atoms with E-state index in [-0.39, 0.29) is 12.5 Å². The van der Waals surface area contributed by atoms with E-state index in [1.165, 1.54) is 6.92 Å². The molecule has 8 heteroatoms. The van der Waals surface area contributed by atoms with Crippen molar-refractivity contribution in [2.24, 2.45) is 0 Å². The van der Waals surface area contributed by atoms with E-state index in [1.807, 2.05) is 36.4 Å². The Labute approximate surface area is 188 Å². The van der Waals surface area contributed by atoms with Gasteiger partial charge in [-0.05, 0) is 38.1 Å². The van der Waals surface area contributed by atoms with Crippen molar-refractivity contribution in [2.75, 3.05) is 37.7 Å². The second-order valence-corrected chi connectivity index (χ2v) is 7.62. The second-order valence-electron chi connectivity index (χ2n) is 7.62. The minimum atomic E-state index is -0.925. The molecule has 0 bridgehead atoms. The van der Waals surface area contributed by atoms with Crippen LogP contribution in [0.3, 0.4) is 0 Å². The summed E-state index contributed by atoms with van der Waals surface area (Å²) >= 11 is 0. The third-order valence-corrected chi connectivity index (χ3v) is 5.20. The lowest BCUT2D eigenvalue weighted by molar-refractivity contribution is -0.161. The van der Waals surface area contributed by atoms with Crippen LogP contribution >= 0.6 is 0 Å². The molecule has 1 heterocycles. The predicted octanol–water partition coefficient (Wildman–Crippen LogP) is 1.85. The number of carbonyl (C=O) groups is 3. The van der Waals surface area contributed by atoms with Gasteiger partial charge in [0.2, 0.25) is 0 Å². The van der Waals surface area contributed by atoms with Crippen molar-refractivity contribution in [1.29, 1.82) is 0 Å². The van der Waals surface area contributed by atoms with E-state index in [0.29, 0.717) is 31.9 Å². The fourth-order valence-electron chi connectivity index (χ4n) is 3.42. The molecule has 0 spiro atoms. The summed E-state index contributed by atoms with van der Waals surface area (Å²) in [6.45, 7) is 5.38. The predicted molar refractivity (Wildman–Crippen MR) is 120 cm³/mol. The smallest absolute Gasteiger partial charge is 0.329 e. The first-order valence-corrected chi connectivity index (χ1v) is 10.7. The molecule has 8 nitrogen and oxygen atoms in total. The Morgan fingerprint density at radius 1 is 0.906 bits per heavy atom. The first-order valence-electron chi connectivity index (χ1n) is 10.7. The summed E-state index contributed by atoms with van der Waals surface area (Å²) in [6, 6.07) is 18.0. The summed E-state index contributed by atoms with van der Waals surface area (Å²) in [7, 11) is 0. The standard InChI is InChI=1S/C24H29N3O5/c1-18(25-22(28)17-31-21-11-7-4-8-12-21)24(30)32-19(2)23(29)27-15-13-26(14-16-27)20-9-5-3-6-10-20/h3-12,18-19H,13-17H2,1-2H3,(H,25,28). The van der Waals surface area contributed by atoms with E-state index in [9.17, 15) is 14.4 Å². The van der Waals surface area contributed by atoms with Crippen LogP contribution in [-0.4, -0.2) is 67.6 Å². The van der Waals surface area contributed by atoms with Gasteiger partial charge in [0.25, 0.3) is 11.8 Å². The van der Waals surface area contributed by atoms with Gasteiger partial charge in [-0.15, -0.1) is 0 Å². The molecular formula is C24H29N3O5. The molecule has 2 aromatic rings. The number of ether oxygens (including phenoxy) is 2. The van der Waals surface area contributed by atoms with Crippen molar-refractivity contribution in [1.82, 2.24) is 10.2 Å². The van der Waals surface area contributed by atoms with E-state index in [0.717, 1.165) is 5.69 Å². The fraction of sp³-hybridized carbons (Fsp3) is 0.375. The quantitative estimate of drug-likeness (QED) is 0.632. The summed E-state index contributed by atoms with van der Waals surface area (Å²) in [5.74, 6) is -0.794. The number of hydrogen-bond donors (Lipinski definition) is 1. The molecule has 2 amide bonds. The molecule has 170 valence electrons. The van der Waals surface area contributed by atoms with E-state index in [4.69, 9.17) is 9.47 Å². The molecular weight excluding hydrogens is 410 g/mol. The lowest BCUT2D eigenvalue weighted by atomic mass is 10.2. The number of hydrogen-bond acceptors (Lipinski definition) is 6. The van der Waals surface area contributed by atoms with Crippen LogP contribution in [0.2, 0.25) is 0 Å². The van der Waals surface area contributed by atoms with E-state index in [2.05, 4.69) is 10.2 Å². The highest BCUT2D eigenvalue weighted by molar-refractivity contribution is 5.88. The first kappa shape index (κ1) is 23.1. The average Bonchev–Trinajstić information content (AvgIpc) is 2.83. The molecule has 2 unspecified atom stereocenters. The Morgan fingerprint density at radius 3 is 2.12 bits per heavy atom. The van der Waals surface area contributed by atoms with Crippen LogP contribution in [0.1, 0.15) is 13.8 Å². The Hall–Kier alpha value is -3.55. The van der Waals surface area contributed by atoms with Gasteiger partial charge in [0, 0.05) is 31.9 Å². The molecule has 3 rings (SSSR count). The summed E-state index contributed by atoms with van der Waals surface area (Å²) < 4.78 is 10.7. The molecule has 1 saturated heterocycles. The Morgan fingerprint density at radius 2 is 1.50 bits per heavy atom.